The number of benzene rings is 2. The van der Waals surface area contributed by atoms with Gasteiger partial charge in [-0.3, -0.25) is 24.0 Å². The topological polar surface area (TPSA) is 302 Å². The number of nitrogens with zero attached hydrogens (tertiary/aromatic N) is 14. The number of ether oxygens (including phenoxy) is 5. The van der Waals surface area contributed by atoms with Crippen molar-refractivity contribution in [2.75, 3.05) is 66.1 Å². The van der Waals surface area contributed by atoms with Crippen LogP contribution in [0, 0.1) is 29.4 Å². The first-order valence-electron chi connectivity index (χ1n) is 41.3. The molecule has 1 atom stereocenters. The first kappa shape index (κ1) is 82.8. The minimum atomic E-state index is -0.472. The molecule has 9 aliphatic rings. The van der Waals surface area contributed by atoms with Gasteiger partial charge in [0.2, 0.25) is 0 Å². The SMILES string of the molecule is CCC(C)CC1=Nc2c(cnn2C2CCOCC2)C(=O)C1.CCC(CC)Cc1nc2c(cnn2C2CCOCC2)c(=O)[nH]1.O=C1CC(CC2CCCC2)=Nc2c1ccn2C1CCOCC1.O=C1CC(Cc2ccc(F)c(Br)c2)=Nc2c1cnn2C1CCOCC1.O=c1[nH]c(Cc2ccc(F)c(Cl)c2)nc2c1cnn2C1CCOCC1. The molecule has 30 heteroatoms. The van der Waals surface area contributed by atoms with Gasteiger partial charge in [-0.25, -0.2) is 52.5 Å². The van der Waals surface area contributed by atoms with Crippen LogP contribution in [0.2, 0.25) is 5.02 Å². The number of halogens is 4. The summed E-state index contributed by atoms with van der Waals surface area (Å²) in [7, 11) is 0. The lowest BCUT2D eigenvalue weighted by molar-refractivity contribution is 0.0666. The maximum atomic E-state index is 13.4. The van der Waals surface area contributed by atoms with E-state index in [-0.39, 0.29) is 63.9 Å². The summed E-state index contributed by atoms with van der Waals surface area (Å²) >= 11 is 9.02. The van der Waals surface area contributed by atoms with E-state index >= 15 is 0 Å². The van der Waals surface area contributed by atoms with Crippen molar-refractivity contribution in [3.8, 4) is 0 Å². The van der Waals surface area contributed by atoms with Gasteiger partial charge in [0, 0.05) is 128 Å². The predicted molar refractivity (Wildman–Crippen MR) is 439 cm³/mol. The van der Waals surface area contributed by atoms with Crippen LogP contribution < -0.4 is 11.1 Å². The molecule has 6 fully saturated rings. The van der Waals surface area contributed by atoms with Gasteiger partial charge in [-0.15, -0.1) is 0 Å². The third-order valence-electron chi connectivity index (χ3n) is 23.6. The first-order chi connectivity index (χ1) is 55.9. The van der Waals surface area contributed by atoms with Crippen LogP contribution in [-0.4, -0.2) is 164 Å². The van der Waals surface area contributed by atoms with Crippen molar-refractivity contribution in [2.24, 2.45) is 32.7 Å². The molecule has 26 nitrogen and oxygen atoms in total. The van der Waals surface area contributed by atoms with Crippen molar-refractivity contribution in [3.05, 3.63) is 155 Å². The molecule has 1 aliphatic carbocycles. The smallest absolute Gasteiger partial charge is 0.262 e. The van der Waals surface area contributed by atoms with Gasteiger partial charge in [0.05, 0.1) is 81.6 Å². The van der Waals surface area contributed by atoms with Gasteiger partial charge in [-0.2, -0.15) is 20.4 Å². The van der Waals surface area contributed by atoms with E-state index in [1.807, 2.05) is 24.8 Å². The van der Waals surface area contributed by atoms with E-state index in [1.54, 1.807) is 43.0 Å². The molecule has 7 aromatic heterocycles. The van der Waals surface area contributed by atoms with E-state index in [9.17, 15) is 32.8 Å². The normalized spacial score (nSPS) is 18.9. The Kier molecular flexibility index (Phi) is 28.1. The first-order valence-corrected chi connectivity index (χ1v) is 42.5. The van der Waals surface area contributed by atoms with Gasteiger partial charge >= 0.3 is 0 Å². The summed E-state index contributed by atoms with van der Waals surface area (Å²) in [6, 6.07) is 12.7. The van der Waals surface area contributed by atoms with E-state index in [4.69, 9.17) is 55.2 Å². The highest BCUT2D eigenvalue weighted by atomic mass is 79.9. The molecule has 0 radical (unpaired) electrons. The summed E-state index contributed by atoms with van der Waals surface area (Å²) in [5.41, 5.74) is 7.67. The van der Waals surface area contributed by atoms with Crippen molar-refractivity contribution >= 4 is 102 Å². The zero-order valence-corrected chi connectivity index (χ0v) is 68.5. The highest BCUT2D eigenvalue weighted by Crippen LogP contribution is 2.39. The van der Waals surface area contributed by atoms with Crippen LogP contribution in [-0.2, 0) is 42.9 Å². The van der Waals surface area contributed by atoms with E-state index in [0.29, 0.717) is 120 Å². The maximum Gasteiger partial charge on any atom is 0.262 e. The van der Waals surface area contributed by atoms with Crippen LogP contribution in [0.1, 0.15) is 253 Å². The molecule has 0 bridgehead atoms. The number of aliphatic imine (C=N–C) groups is 3. The third kappa shape index (κ3) is 20.3. The van der Waals surface area contributed by atoms with Crippen molar-refractivity contribution in [2.45, 2.75) is 218 Å². The largest absolute Gasteiger partial charge is 0.381 e. The molecule has 2 N–H and O–H groups in total. The fourth-order valence-electron chi connectivity index (χ4n) is 16.7. The number of rotatable bonds is 18. The number of Topliss-reactive ketones (excluding diaryl/α,β-unsaturated/α-hetero) is 3. The molecule has 15 heterocycles. The van der Waals surface area contributed by atoms with Gasteiger partial charge in [0.25, 0.3) is 11.1 Å². The van der Waals surface area contributed by atoms with Crippen molar-refractivity contribution < 1.29 is 46.8 Å². The van der Waals surface area contributed by atoms with Gasteiger partial charge < -0.3 is 38.2 Å². The molecule has 1 saturated carbocycles. The van der Waals surface area contributed by atoms with Crippen LogP contribution in [0.4, 0.5) is 26.2 Å². The van der Waals surface area contributed by atoms with Gasteiger partial charge in [0.1, 0.15) is 39.9 Å². The number of hydrogen-bond donors (Lipinski definition) is 2. The maximum absolute atomic E-state index is 13.4. The second kappa shape index (κ2) is 39.0. The minimum absolute atomic E-state index is 0.0412. The van der Waals surface area contributed by atoms with Gasteiger partial charge in [-0.05, 0) is 152 Å². The van der Waals surface area contributed by atoms with Crippen LogP contribution in [0.25, 0.3) is 22.1 Å². The molecule has 2 aromatic carbocycles. The predicted octanol–water partition coefficient (Wildman–Crippen LogP) is 16.8. The number of nitrogens with one attached hydrogen (secondary N) is 2. The van der Waals surface area contributed by atoms with Crippen molar-refractivity contribution in [1.29, 1.82) is 0 Å². The minimum Gasteiger partial charge on any atom is -0.381 e. The molecule has 0 spiro atoms. The standard InChI is InChI=1S/C18H17BrFN3O2.C18H24N2O2.C17H16ClFN4O2.C16H24N4O2.C16H23N3O2/c19-15-8-11(1-2-16(15)20)7-12-9-17(24)14-10-21-23(18(14)22-12)13-3-5-25-6-4-13;21-17-12-14(11-13-3-1-2-4-13)19-18-16(17)5-8-20(18)15-6-9-22-10-7-15;18-13-7-10(1-2-14(13)19)8-15-21-16-12(17(24)22-15)9-20-23(16)11-3-5-25-6-4-11;1-3-11(4-2)9-14-18-15-13(16(21)19-14)10-17-20(15)12-5-7-22-8-6-12;1-3-11(2)8-12-9-15(20)14-10-17-19(16(14)18-12)13-4-6-21-7-5-13/h1-2,8,10,13H,3-7,9H2;5,8,13,15H,1-4,6-7,9-12H2;1-2,7,9,11H,3-6,8H2,(H,21,22,24);10-12H,3-9H2,1-2H3,(H,18,19,21);10-11,13H,3-9H2,1-2H3. The summed E-state index contributed by atoms with van der Waals surface area (Å²) < 4.78 is 64.0. The van der Waals surface area contributed by atoms with E-state index in [0.717, 1.165) is 205 Å². The number of hydrogen-bond acceptors (Lipinski definition) is 19. The van der Waals surface area contributed by atoms with Crippen molar-refractivity contribution in [1.82, 2.24) is 63.6 Å². The molecule has 18 rings (SSSR count). The molecule has 9 aromatic rings. The lowest BCUT2D eigenvalue weighted by Crippen LogP contribution is -2.22. The second-order valence-corrected chi connectivity index (χ2v) is 32.9. The molecule has 8 aliphatic heterocycles. The van der Waals surface area contributed by atoms with Crippen molar-refractivity contribution in [3.63, 3.8) is 0 Å². The second-order valence-electron chi connectivity index (χ2n) is 31.7. The van der Waals surface area contributed by atoms with Crippen LogP contribution in [0.15, 0.2) is 102 Å². The average Bonchev–Trinajstić information content (AvgIpc) is 1.69. The third-order valence-corrected chi connectivity index (χ3v) is 24.5. The Labute approximate surface area is 680 Å². The van der Waals surface area contributed by atoms with Crippen LogP contribution in [0.5, 0.6) is 0 Å². The molecule has 1 unspecified atom stereocenters. The highest BCUT2D eigenvalue weighted by molar-refractivity contribution is 9.10. The number of carbonyl (C=O) groups is 3. The quantitative estimate of drug-likeness (QED) is 0.0806. The fraction of sp³-hybridized carbons (Fsp3) is 0.553. The Morgan fingerprint density at radius 1 is 0.487 bits per heavy atom. The highest BCUT2D eigenvalue weighted by Gasteiger charge is 2.33. The number of aromatic nitrogens is 13. The lowest BCUT2D eigenvalue weighted by atomic mass is 9.94. The number of carbonyl (C=O) groups excluding carboxylic acids is 3. The number of H-pyrrole nitrogens is 2. The zero-order valence-electron chi connectivity index (χ0n) is 66.2. The van der Waals surface area contributed by atoms with E-state index in [2.05, 4.69) is 89.7 Å². The molecular formula is C85H104BrClF2N16O10. The Hall–Kier alpha value is -8.71. The summed E-state index contributed by atoms with van der Waals surface area (Å²) in [6.07, 6.45) is 31.2. The molecule has 115 heavy (non-hydrogen) atoms. The molecular weight excluding hydrogens is 1560 g/mol. The molecule has 5 saturated heterocycles. The van der Waals surface area contributed by atoms with E-state index in [1.165, 1.54) is 43.9 Å². The Morgan fingerprint density at radius 3 is 1.44 bits per heavy atom. The van der Waals surface area contributed by atoms with Gasteiger partial charge in [0.15, 0.2) is 40.3 Å². The van der Waals surface area contributed by atoms with Gasteiger partial charge in [-0.1, -0.05) is 96.4 Å². The molecule has 0 amide bonds. The van der Waals surface area contributed by atoms with Crippen LogP contribution >= 0.6 is 27.5 Å². The van der Waals surface area contributed by atoms with Crippen LogP contribution in [0.3, 0.4) is 0 Å². The fourth-order valence-corrected chi connectivity index (χ4v) is 17.3. The monoisotopic (exact) mass is 1660 g/mol. The number of ketones is 3. The van der Waals surface area contributed by atoms with E-state index < -0.39 is 5.82 Å². The number of aromatic amines is 2. The summed E-state index contributed by atoms with van der Waals surface area (Å²) in [6.45, 7) is 16.1. The molecule has 612 valence electrons. The number of fused-ring (bicyclic) bond motifs is 5. The summed E-state index contributed by atoms with van der Waals surface area (Å²) in [5, 5.41) is 18.7. The average molecular weight is 1660 g/mol. The summed E-state index contributed by atoms with van der Waals surface area (Å²) in [4.78, 5) is 91.2. The lowest BCUT2D eigenvalue weighted by Gasteiger charge is -2.26. The zero-order chi connectivity index (χ0) is 80.1. The Balaban J connectivity index is 0.000000119. The summed E-state index contributed by atoms with van der Waals surface area (Å²) in [5.74, 6) is 5.17. The Bertz CT molecular complexity index is 5110. The Morgan fingerprint density at radius 2 is 0.930 bits per heavy atom.